The van der Waals surface area contributed by atoms with Gasteiger partial charge in [0.25, 0.3) is 5.91 Å². The minimum atomic E-state index is -1.69. The van der Waals surface area contributed by atoms with Crippen LogP contribution in [-0.2, 0) is 0 Å². The molecule has 1 unspecified atom stereocenters. The van der Waals surface area contributed by atoms with Crippen molar-refractivity contribution < 1.29 is 23.1 Å². The van der Waals surface area contributed by atoms with Crippen LogP contribution in [-0.4, -0.2) is 23.2 Å². The highest BCUT2D eigenvalue weighted by molar-refractivity contribution is 5.94. The molecule has 20 heavy (non-hydrogen) atoms. The van der Waals surface area contributed by atoms with E-state index in [-0.39, 0.29) is 12.5 Å². The van der Waals surface area contributed by atoms with E-state index in [0.29, 0.717) is 12.5 Å². The fraction of sp³-hybridized carbons (Fsp3) is 0.500. The summed E-state index contributed by atoms with van der Waals surface area (Å²) in [6, 6.07) is 1.54. The third-order valence-electron chi connectivity index (χ3n) is 2.76. The predicted octanol–water partition coefficient (Wildman–Crippen LogP) is 2.63. The lowest BCUT2D eigenvalue weighted by molar-refractivity contribution is 0.0367. The molecule has 1 aromatic rings. The van der Waals surface area contributed by atoms with Crippen molar-refractivity contribution in [1.82, 2.24) is 5.32 Å². The van der Waals surface area contributed by atoms with E-state index in [1.165, 1.54) is 6.92 Å². The van der Waals surface area contributed by atoms with E-state index in [1.54, 1.807) is 0 Å². The molecule has 1 rings (SSSR count). The summed E-state index contributed by atoms with van der Waals surface area (Å²) in [4.78, 5) is 11.7. The first-order valence-corrected chi connectivity index (χ1v) is 6.28. The zero-order valence-corrected chi connectivity index (χ0v) is 11.6. The number of carbonyl (C=O) groups is 1. The van der Waals surface area contributed by atoms with E-state index in [2.05, 4.69) is 5.32 Å². The van der Waals surface area contributed by atoms with Gasteiger partial charge in [0.2, 0.25) is 0 Å². The summed E-state index contributed by atoms with van der Waals surface area (Å²) >= 11 is 0. The van der Waals surface area contributed by atoms with E-state index >= 15 is 0 Å². The zero-order valence-electron chi connectivity index (χ0n) is 11.6. The number of rotatable bonds is 5. The molecule has 0 heterocycles. The fourth-order valence-electron chi connectivity index (χ4n) is 2.02. The quantitative estimate of drug-likeness (QED) is 0.819. The molecule has 0 spiro atoms. The highest BCUT2D eigenvalue weighted by atomic mass is 19.2. The molecular formula is C14H18F3NO2. The van der Waals surface area contributed by atoms with Crippen LogP contribution >= 0.6 is 0 Å². The van der Waals surface area contributed by atoms with E-state index in [0.717, 1.165) is 6.07 Å². The number of benzene rings is 1. The fourth-order valence-corrected chi connectivity index (χ4v) is 2.02. The van der Waals surface area contributed by atoms with Crippen molar-refractivity contribution in [1.29, 1.82) is 0 Å². The van der Waals surface area contributed by atoms with E-state index in [9.17, 15) is 23.1 Å². The van der Waals surface area contributed by atoms with E-state index < -0.39 is 34.5 Å². The Bertz CT molecular complexity index is 501. The van der Waals surface area contributed by atoms with Gasteiger partial charge < -0.3 is 10.4 Å². The SMILES string of the molecule is CC(C)CC(C)(O)CNC(=O)c1ccc(F)c(F)c1F. The molecule has 1 aromatic carbocycles. The lowest BCUT2D eigenvalue weighted by Gasteiger charge is -2.25. The molecule has 0 aromatic heterocycles. The van der Waals surface area contributed by atoms with Crippen LogP contribution in [0.5, 0.6) is 0 Å². The maximum absolute atomic E-state index is 13.4. The number of hydrogen-bond donors (Lipinski definition) is 2. The van der Waals surface area contributed by atoms with Gasteiger partial charge in [-0.05, 0) is 31.4 Å². The van der Waals surface area contributed by atoms with Gasteiger partial charge in [0.1, 0.15) is 0 Å². The maximum atomic E-state index is 13.4. The number of carbonyl (C=O) groups excluding carboxylic acids is 1. The van der Waals surface area contributed by atoms with Crippen LogP contribution < -0.4 is 5.32 Å². The van der Waals surface area contributed by atoms with E-state index in [1.807, 2.05) is 13.8 Å². The second kappa shape index (κ2) is 6.26. The molecule has 1 atom stereocenters. The number of nitrogens with one attached hydrogen (secondary N) is 1. The van der Waals surface area contributed by atoms with Crippen LogP contribution in [0.25, 0.3) is 0 Å². The third kappa shape index (κ3) is 4.23. The lowest BCUT2D eigenvalue weighted by Crippen LogP contribution is -2.41. The van der Waals surface area contributed by atoms with Crippen LogP contribution in [0.2, 0.25) is 0 Å². The van der Waals surface area contributed by atoms with Crippen LogP contribution in [0.15, 0.2) is 12.1 Å². The summed E-state index contributed by atoms with van der Waals surface area (Å²) in [5.74, 6) is -5.27. The molecule has 3 nitrogen and oxygen atoms in total. The number of hydrogen-bond acceptors (Lipinski definition) is 2. The summed E-state index contributed by atoms with van der Waals surface area (Å²) in [5.41, 5.74) is -1.75. The molecule has 0 fully saturated rings. The molecule has 1 amide bonds. The number of amides is 1. The van der Waals surface area contributed by atoms with Crippen LogP contribution in [0.3, 0.4) is 0 Å². The molecule has 0 saturated carbocycles. The molecule has 112 valence electrons. The first-order chi connectivity index (χ1) is 9.14. The zero-order chi connectivity index (χ0) is 15.5. The van der Waals surface area contributed by atoms with Crippen molar-refractivity contribution in [2.45, 2.75) is 32.8 Å². The molecule has 2 N–H and O–H groups in total. The third-order valence-corrected chi connectivity index (χ3v) is 2.76. The van der Waals surface area contributed by atoms with Crippen LogP contribution in [0.4, 0.5) is 13.2 Å². The van der Waals surface area contributed by atoms with Gasteiger partial charge in [-0.2, -0.15) is 0 Å². The molecule has 0 aliphatic heterocycles. The molecule has 0 aliphatic carbocycles. The Labute approximate surface area is 115 Å². The van der Waals surface area contributed by atoms with Gasteiger partial charge in [0.05, 0.1) is 11.2 Å². The summed E-state index contributed by atoms with van der Waals surface area (Å²) in [7, 11) is 0. The van der Waals surface area contributed by atoms with Gasteiger partial charge in [0.15, 0.2) is 17.5 Å². The minimum absolute atomic E-state index is 0.109. The van der Waals surface area contributed by atoms with Gasteiger partial charge >= 0.3 is 0 Å². The number of aliphatic hydroxyl groups is 1. The Balaban J connectivity index is 2.76. The molecule has 0 radical (unpaired) electrons. The second-order valence-corrected chi connectivity index (χ2v) is 5.50. The summed E-state index contributed by atoms with van der Waals surface area (Å²) in [6.45, 7) is 5.24. The van der Waals surface area contributed by atoms with Gasteiger partial charge in [-0.3, -0.25) is 4.79 Å². The van der Waals surface area contributed by atoms with Gasteiger partial charge in [-0.1, -0.05) is 13.8 Å². The van der Waals surface area contributed by atoms with Crippen molar-refractivity contribution in [3.63, 3.8) is 0 Å². The first kappa shape index (κ1) is 16.5. The van der Waals surface area contributed by atoms with Gasteiger partial charge in [-0.15, -0.1) is 0 Å². The van der Waals surface area contributed by atoms with Crippen molar-refractivity contribution in [2.24, 2.45) is 5.92 Å². The summed E-state index contributed by atoms with van der Waals surface area (Å²) in [6.07, 6.45) is 0.438. The Morgan fingerprint density at radius 2 is 1.90 bits per heavy atom. The first-order valence-electron chi connectivity index (χ1n) is 6.28. The largest absolute Gasteiger partial charge is 0.388 e. The van der Waals surface area contributed by atoms with Crippen molar-refractivity contribution in [2.75, 3.05) is 6.54 Å². The normalized spacial score (nSPS) is 14.2. The smallest absolute Gasteiger partial charge is 0.254 e. The summed E-state index contributed by atoms with van der Waals surface area (Å²) < 4.78 is 39.2. The molecular weight excluding hydrogens is 271 g/mol. The lowest BCUT2D eigenvalue weighted by atomic mass is 9.94. The molecule has 0 saturated heterocycles. The Kier molecular flexibility index (Phi) is 5.16. The highest BCUT2D eigenvalue weighted by Gasteiger charge is 2.24. The molecule has 0 aliphatic rings. The van der Waals surface area contributed by atoms with Gasteiger partial charge in [-0.25, -0.2) is 13.2 Å². The Morgan fingerprint density at radius 3 is 2.45 bits per heavy atom. The van der Waals surface area contributed by atoms with Crippen molar-refractivity contribution >= 4 is 5.91 Å². The molecule has 6 heteroatoms. The van der Waals surface area contributed by atoms with Crippen LogP contribution in [0, 0.1) is 23.4 Å². The van der Waals surface area contributed by atoms with Crippen molar-refractivity contribution in [3.8, 4) is 0 Å². The van der Waals surface area contributed by atoms with Crippen LogP contribution in [0.1, 0.15) is 37.6 Å². The average Bonchev–Trinajstić information content (AvgIpc) is 2.32. The molecule has 0 bridgehead atoms. The van der Waals surface area contributed by atoms with Gasteiger partial charge in [0, 0.05) is 6.54 Å². The Hall–Kier alpha value is -1.56. The standard InChI is InChI=1S/C14H18F3NO2/c1-8(2)6-14(3,20)7-18-13(19)9-4-5-10(15)12(17)11(9)16/h4-5,8,20H,6-7H2,1-3H3,(H,18,19). The van der Waals surface area contributed by atoms with Crippen molar-refractivity contribution in [3.05, 3.63) is 35.1 Å². The average molecular weight is 289 g/mol. The predicted molar refractivity (Wildman–Crippen MR) is 68.7 cm³/mol. The highest BCUT2D eigenvalue weighted by Crippen LogP contribution is 2.17. The monoisotopic (exact) mass is 289 g/mol. The Morgan fingerprint density at radius 1 is 1.30 bits per heavy atom. The topological polar surface area (TPSA) is 49.3 Å². The summed E-state index contributed by atoms with van der Waals surface area (Å²) in [5, 5.41) is 12.3. The van der Waals surface area contributed by atoms with E-state index in [4.69, 9.17) is 0 Å². The number of halogens is 3. The second-order valence-electron chi connectivity index (χ2n) is 5.50. The minimum Gasteiger partial charge on any atom is -0.388 e. The maximum Gasteiger partial charge on any atom is 0.254 e.